The molecule has 2 aromatic rings. The Bertz CT molecular complexity index is 1020. The highest BCUT2D eigenvalue weighted by Gasteiger charge is 2.20. The first kappa shape index (κ1) is 26.2. The smallest absolute Gasteiger partial charge is 0.261 e. The van der Waals surface area contributed by atoms with Gasteiger partial charge in [-0.25, -0.2) is 0 Å². The number of para-hydroxylation sites is 1. The molecule has 0 unspecified atom stereocenters. The number of carbonyl (C=O) groups excluding carboxylic acids is 2. The van der Waals surface area contributed by atoms with Crippen LogP contribution in [-0.4, -0.2) is 29.6 Å². The van der Waals surface area contributed by atoms with Crippen molar-refractivity contribution in [1.82, 2.24) is 10.6 Å². The highest BCUT2D eigenvalue weighted by molar-refractivity contribution is 9.10. The number of hydrogen-bond acceptors (Lipinski definition) is 4. The van der Waals surface area contributed by atoms with E-state index < -0.39 is 0 Å². The minimum absolute atomic E-state index is 0.107. The van der Waals surface area contributed by atoms with Crippen molar-refractivity contribution in [3.63, 3.8) is 0 Å². The molecule has 34 heavy (non-hydrogen) atoms. The summed E-state index contributed by atoms with van der Waals surface area (Å²) in [7, 11) is 0. The third kappa shape index (κ3) is 7.81. The highest BCUT2D eigenvalue weighted by Crippen LogP contribution is 2.24. The molecule has 0 radical (unpaired) electrons. The molecule has 0 aliphatic heterocycles. The van der Waals surface area contributed by atoms with E-state index in [9.17, 15) is 9.59 Å². The van der Waals surface area contributed by atoms with Gasteiger partial charge in [0.1, 0.15) is 5.75 Å². The van der Waals surface area contributed by atoms with E-state index in [1.165, 1.54) is 6.42 Å². The van der Waals surface area contributed by atoms with Crippen molar-refractivity contribution in [2.24, 2.45) is 5.92 Å². The van der Waals surface area contributed by atoms with Crippen molar-refractivity contribution in [1.29, 1.82) is 0 Å². The van der Waals surface area contributed by atoms with Gasteiger partial charge in [0.15, 0.2) is 5.11 Å². The van der Waals surface area contributed by atoms with Crippen molar-refractivity contribution in [3.8, 4) is 5.75 Å². The average Bonchev–Trinajstić information content (AvgIpc) is 2.80. The predicted molar refractivity (Wildman–Crippen MR) is 144 cm³/mol. The lowest BCUT2D eigenvalue weighted by atomic mass is 9.95. The van der Waals surface area contributed by atoms with Gasteiger partial charge in [-0.15, -0.1) is 0 Å². The summed E-state index contributed by atoms with van der Waals surface area (Å²) >= 11 is 8.80. The summed E-state index contributed by atoms with van der Waals surface area (Å²) in [6.45, 7) is 4.76. The Labute approximate surface area is 215 Å². The minimum atomic E-state index is -0.387. The van der Waals surface area contributed by atoms with E-state index in [4.69, 9.17) is 17.0 Å². The van der Waals surface area contributed by atoms with Crippen LogP contribution in [0.25, 0.3) is 0 Å². The molecule has 1 fully saturated rings. The van der Waals surface area contributed by atoms with Crippen molar-refractivity contribution in [3.05, 3.63) is 58.1 Å². The molecule has 6 nitrogen and oxygen atoms in total. The average molecular weight is 547 g/mol. The number of hydrogen-bond donors (Lipinski definition) is 3. The van der Waals surface area contributed by atoms with Crippen LogP contribution in [0, 0.1) is 5.92 Å². The molecule has 0 saturated heterocycles. The van der Waals surface area contributed by atoms with E-state index in [1.54, 1.807) is 24.3 Å². The number of thiocarbonyl (C=S) groups is 1. The Morgan fingerprint density at radius 3 is 2.53 bits per heavy atom. The Morgan fingerprint density at radius 2 is 1.79 bits per heavy atom. The van der Waals surface area contributed by atoms with Gasteiger partial charge in [0.25, 0.3) is 11.8 Å². The maximum Gasteiger partial charge on any atom is 0.261 e. The summed E-state index contributed by atoms with van der Waals surface area (Å²) in [6.07, 6.45) is 6.39. The third-order valence-corrected chi connectivity index (χ3v) is 6.42. The molecule has 1 saturated carbocycles. The van der Waals surface area contributed by atoms with Crippen molar-refractivity contribution < 1.29 is 14.3 Å². The lowest BCUT2D eigenvalue weighted by molar-refractivity contribution is 0.0927. The summed E-state index contributed by atoms with van der Waals surface area (Å²) in [5.74, 6) is 0.468. The van der Waals surface area contributed by atoms with Gasteiger partial charge in [0.05, 0.1) is 23.4 Å². The zero-order chi connectivity index (χ0) is 24.5. The van der Waals surface area contributed by atoms with Gasteiger partial charge in [0.2, 0.25) is 0 Å². The highest BCUT2D eigenvalue weighted by atomic mass is 79.9. The quantitative estimate of drug-likeness (QED) is 0.351. The monoisotopic (exact) mass is 545 g/mol. The second-order valence-electron chi connectivity index (χ2n) is 8.93. The van der Waals surface area contributed by atoms with Crippen molar-refractivity contribution in [2.75, 3.05) is 11.9 Å². The minimum Gasteiger partial charge on any atom is -0.493 e. The third-order valence-electron chi connectivity index (χ3n) is 5.73. The predicted octanol–water partition coefficient (Wildman–Crippen LogP) is 6.06. The number of carbonyl (C=O) groups is 2. The van der Waals surface area contributed by atoms with Crippen LogP contribution in [-0.2, 0) is 0 Å². The lowest BCUT2D eigenvalue weighted by Gasteiger charge is -2.23. The first-order valence-corrected chi connectivity index (χ1v) is 13.0. The molecule has 0 bridgehead atoms. The summed E-state index contributed by atoms with van der Waals surface area (Å²) in [5, 5.41) is 8.95. The Morgan fingerprint density at radius 1 is 1.06 bits per heavy atom. The largest absolute Gasteiger partial charge is 0.493 e. The standard InChI is InChI=1S/C26H32BrN3O3S/c1-17(2)14-15-33-23-13-12-18(27)16-21(23)25(32)30-26(34)29-22-11-7-6-10-20(22)24(31)28-19-8-4-3-5-9-19/h6-7,10-13,16-17,19H,3-5,8-9,14-15H2,1-2H3,(H,28,31)(H2,29,30,32,34). The number of amides is 2. The fourth-order valence-electron chi connectivity index (χ4n) is 3.83. The van der Waals surface area contributed by atoms with Gasteiger partial charge in [-0.05, 0) is 67.7 Å². The van der Waals surface area contributed by atoms with E-state index in [0.717, 1.165) is 36.6 Å². The van der Waals surface area contributed by atoms with Crippen molar-refractivity contribution >= 4 is 50.8 Å². The van der Waals surface area contributed by atoms with Crippen LogP contribution in [0.4, 0.5) is 5.69 Å². The molecule has 1 aliphatic rings. The Hall–Kier alpha value is -2.45. The van der Waals surface area contributed by atoms with Crippen LogP contribution in [0.1, 0.15) is 73.1 Å². The molecule has 2 amide bonds. The molecule has 0 spiro atoms. The van der Waals surface area contributed by atoms with Crippen LogP contribution in [0.2, 0.25) is 0 Å². The number of ether oxygens (including phenoxy) is 1. The number of rotatable bonds is 8. The summed E-state index contributed by atoms with van der Waals surface area (Å²) in [5.41, 5.74) is 1.42. The van der Waals surface area contributed by atoms with Crippen LogP contribution in [0.3, 0.4) is 0 Å². The number of benzene rings is 2. The van der Waals surface area contributed by atoms with Gasteiger partial charge in [-0.2, -0.15) is 0 Å². The van der Waals surface area contributed by atoms with Gasteiger partial charge in [0, 0.05) is 10.5 Å². The topological polar surface area (TPSA) is 79.5 Å². The van der Waals surface area contributed by atoms with Crippen molar-refractivity contribution in [2.45, 2.75) is 58.4 Å². The molecule has 0 heterocycles. The number of halogens is 1. The SMILES string of the molecule is CC(C)CCOc1ccc(Br)cc1C(=O)NC(=S)Nc1ccccc1C(=O)NC1CCCCC1. The molecule has 3 N–H and O–H groups in total. The van der Waals surface area contributed by atoms with E-state index in [-0.39, 0.29) is 23.0 Å². The Kier molecular flexibility index (Phi) is 9.89. The van der Waals surface area contributed by atoms with Crippen LogP contribution >= 0.6 is 28.1 Å². The van der Waals surface area contributed by atoms with Gasteiger partial charge < -0.3 is 15.4 Å². The first-order chi connectivity index (χ1) is 16.3. The molecule has 0 atom stereocenters. The van der Waals surface area contributed by atoms with Gasteiger partial charge in [-0.1, -0.05) is 61.2 Å². The van der Waals surface area contributed by atoms with E-state index in [1.807, 2.05) is 18.2 Å². The lowest BCUT2D eigenvalue weighted by Crippen LogP contribution is -2.38. The number of anilines is 1. The normalized spacial score (nSPS) is 13.9. The molecular weight excluding hydrogens is 514 g/mol. The van der Waals surface area contributed by atoms with E-state index in [0.29, 0.717) is 35.1 Å². The molecule has 2 aromatic carbocycles. The van der Waals surface area contributed by atoms with E-state index >= 15 is 0 Å². The second kappa shape index (κ2) is 12.9. The summed E-state index contributed by atoms with van der Waals surface area (Å²) in [4.78, 5) is 25.9. The fraction of sp³-hybridized carbons (Fsp3) is 0.423. The van der Waals surface area contributed by atoms with Crippen LogP contribution < -0.4 is 20.7 Å². The van der Waals surface area contributed by atoms with Crippen LogP contribution in [0.15, 0.2) is 46.9 Å². The first-order valence-electron chi connectivity index (χ1n) is 11.8. The Balaban J connectivity index is 1.65. The molecule has 3 rings (SSSR count). The molecule has 8 heteroatoms. The second-order valence-corrected chi connectivity index (χ2v) is 10.3. The maximum atomic E-state index is 13.0. The van der Waals surface area contributed by atoms with E-state index in [2.05, 4.69) is 45.7 Å². The molecule has 182 valence electrons. The summed E-state index contributed by atoms with van der Waals surface area (Å²) in [6, 6.07) is 12.7. The molecule has 1 aliphatic carbocycles. The van der Waals surface area contributed by atoms with Gasteiger partial charge >= 0.3 is 0 Å². The molecule has 0 aromatic heterocycles. The zero-order valence-electron chi connectivity index (χ0n) is 19.7. The fourth-order valence-corrected chi connectivity index (χ4v) is 4.40. The zero-order valence-corrected chi connectivity index (χ0v) is 22.1. The van der Waals surface area contributed by atoms with Crippen LogP contribution in [0.5, 0.6) is 5.75 Å². The van der Waals surface area contributed by atoms with Gasteiger partial charge in [-0.3, -0.25) is 14.9 Å². The summed E-state index contributed by atoms with van der Waals surface area (Å²) < 4.78 is 6.61. The molecular formula is C26H32BrN3O3S. The number of nitrogens with one attached hydrogen (secondary N) is 3. The maximum absolute atomic E-state index is 13.0.